The highest BCUT2D eigenvalue weighted by Gasteiger charge is 2.33. The van der Waals surface area contributed by atoms with E-state index in [4.69, 9.17) is 21.1 Å². The van der Waals surface area contributed by atoms with Gasteiger partial charge in [0.15, 0.2) is 11.5 Å². The van der Waals surface area contributed by atoms with Crippen LogP contribution < -0.4 is 19.7 Å². The van der Waals surface area contributed by atoms with Crippen molar-refractivity contribution in [3.05, 3.63) is 52.8 Å². The lowest BCUT2D eigenvalue weighted by Gasteiger charge is -2.22. The Balaban J connectivity index is 1.49. The topological polar surface area (TPSA) is 67.9 Å². The van der Waals surface area contributed by atoms with Crippen molar-refractivity contribution in [2.75, 3.05) is 24.7 Å². The Hall–Kier alpha value is -2.80. The summed E-state index contributed by atoms with van der Waals surface area (Å²) in [6, 6.07) is 8.85. The van der Waals surface area contributed by atoms with Gasteiger partial charge in [0.1, 0.15) is 19.0 Å². The lowest BCUT2D eigenvalue weighted by Crippen LogP contribution is -2.37. The van der Waals surface area contributed by atoms with E-state index in [-0.39, 0.29) is 29.5 Å². The van der Waals surface area contributed by atoms with Crippen LogP contribution in [0.1, 0.15) is 16.8 Å². The molecule has 1 atom stereocenters. The summed E-state index contributed by atoms with van der Waals surface area (Å²) >= 11 is 5.93. The first-order valence-corrected chi connectivity index (χ1v) is 8.85. The predicted octanol–water partition coefficient (Wildman–Crippen LogP) is 2.79. The first-order chi connectivity index (χ1) is 13.0. The van der Waals surface area contributed by atoms with Gasteiger partial charge in [-0.1, -0.05) is 17.7 Å². The molecule has 2 aromatic rings. The third-order valence-corrected chi connectivity index (χ3v) is 4.80. The number of benzene rings is 2. The predicted molar refractivity (Wildman–Crippen MR) is 97.1 cm³/mol. The Kier molecular flexibility index (Phi) is 4.61. The monoisotopic (exact) mass is 390 g/mol. The highest BCUT2D eigenvalue weighted by Crippen LogP contribution is 2.35. The Morgan fingerprint density at radius 3 is 2.74 bits per heavy atom. The summed E-state index contributed by atoms with van der Waals surface area (Å²) in [7, 11) is 0. The number of nitrogens with zero attached hydrogens (tertiary/aromatic N) is 1. The van der Waals surface area contributed by atoms with E-state index in [1.54, 1.807) is 23.1 Å². The van der Waals surface area contributed by atoms with Crippen LogP contribution in [0.15, 0.2) is 36.4 Å². The van der Waals surface area contributed by atoms with Crippen molar-refractivity contribution in [1.29, 1.82) is 0 Å². The Labute approximate surface area is 159 Å². The van der Waals surface area contributed by atoms with Crippen LogP contribution in [0.5, 0.6) is 11.5 Å². The third kappa shape index (κ3) is 3.42. The van der Waals surface area contributed by atoms with Gasteiger partial charge in [0.05, 0.1) is 16.6 Å². The van der Waals surface area contributed by atoms with Crippen molar-refractivity contribution in [3.63, 3.8) is 0 Å². The molecule has 0 aromatic heterocycles. The van der Waals surface area contributed by atoms with Crippen LogP contribution in [0, 0.1) is 5.82 Å². The van der Waals surface area contributed by atoms with Gasteiger partial charge in [-0.3, -0.25) is 9.59 Å². The molecule has 1 saturated heterocycles. The fraction of sp³-hybridized carbons (Fsp3) is 0.263. The number of fused-ring (bicyclic) bond motifs is 1. The van der Waals surface area contributed by atoms with E-state index < -0.39 is 17.8 Å². The van der Waals surface area contributed by atoms with E-state index in [2.05, 4.69) is 5.32 Å². The highest BCUT2D eigenvalue weighted by atomic mass is 35.5. The van der Waals surface area contributed by atoms with Gasteiger partial charge in [-0.05, 0) is 24.3 Å². The number of ether oxygens (including phenoxy) is 2. The molecule has 0 saturated carbocycles. The number of carbonyl (C=O) groups is 2. The second kappa shape index (κ2) is 7.08. The lowest BCUT2D eigenvalue weighted by molar-refractivity contribution is -0.117. The molecule has 140 valence electrons. The number of amides is 2. The highest BCUT2D eigenvalue weighted by molar-refractivity contribution is 6.33. The fourth-order valence-corrected chi connectivity index (χ4v) is 3.47. The molecule has 0 bridgehead atoms. The number of halogens is 2. The lowest BCUT2D eigenvalue weighted by atomic mass is 10.1. The molecule has 0 radical (unpaired) electrons. The molecule has 2 aliphatic rings. The van der Waals surface area contributed by atoms with E-state index in [1.165, 1.54) is 18.2 Å². The van der Waals surface area contributed by atoms with Crippen molar-refractivity contribution in [3.8, 4) is 11.5 Å². The molecule has 0 spiro atoms. The van der Waals surface area contributed by atoms with Crippen LogP contribution in [0.3, 0.4) is 0 Å². The summed E-state index contributed by atoms with van der Waals surface area (Å²) in [6.45, 7) is 1.21. The standard InChI is InChI=1S/C19H16ClFN2O4/c20-13-2-1-3-14(21)18(13)19(25)22-11-8-17(24)23(10-11)12-4-5-15-16(9-12)27-7-6-26-15/h1-5,9,11H,6-8,10H2,(H,22,25)/t11-/m0/s1. The smallest absolute Gasteiger partial charge is 0.256 e. The Morgan fingerprint density at radius 1 is 1.19 bits per heavy atom. The minimum atomic E-state index is -0.701. The minimum absolute atomic E-state index is 0.0283. The van der Waals surface area contributed by atoms with Gasteiger partial charge >= 0.3 is 0 Å². The first-order valence-electron chi connectivity index (χ1n) is 8.48. The van der Waals surface area contributed by atoms with Crippen LogP contribution in [-0.4, -0.2) is 37.6 Å². The van der Waals surface area contributed by atoms with Gasteiger partial charge in [-0.15, -0.1) is 0 Å². The van der Waals surface area contributed by atoms with Crippen molar-refractivity contribution in [2.45, 2.75) is 12.5 Å². The maximum atomic E-state index is 13.9. The number of anilines is 1. The third-order valence-electron chi connectivity index (χ3n) is 4.49. The number of hydrogen-bond donors (Lipinski definition) is 1. The molecule has 1 N–H and O–H groups in total. The van der Waals surface area contributed by atoms with Crippen molar-refractivity contribution < 1.29 is 23.5 Å². The van der Waals surface area contributed by atoms with E-state index in [0.717, 1.165) is 0 Å². The number of hydrogen-bond acceptors (Lipinski definition) is 4. The molecule has 2 heterocycles. The number of carbonyl (C=O) groups excluding carboxylic acids is 2. The van der Waals surface area contributed by atoms with Crippen LogP contribution in [0.4, 0.5) is 10.1 Å². The zero-order chi connectivity index (χ0) is 19.0. The van der Waals surface area contributed by atoms with Crippen LogP contribution in [-0.2, 0) is 4.79 Å². The number of rotatable bonds is 3. The molecule has 4 rings (SSSR count). The van der Waals surface area contributed by atoms with Crippen LogP contribution >= 0.6 is 11.6 Å². The zero-order valence-corrected chi connectivity index (χ0v) is 15.0. The van der Waals surface area contributed by atoms with Gasteiger partial charge in [-0.2, -0.15) is 0 Å². The SMILES string of the molecule is O=C(N[C@H]1CC(=O)N(c2ccc3c(c2)OCCO3)C1)c1c(F)cccc1Cl. The van der Waals surface area contributed by atoms with Crippen molar-refractivity contribution in [2.24, 2.45) is 0 Å². The largest absolute Gasteiger partial charge is 0.486 e. The van der Waals surface area contributed by atoms with E-state index in [9.17, 15) is 14.0 Å². The van der Waals surface area contributed by atoms with E-state index in [0.29, 0.717) is 30.4 Å². The molecule has 0 unspecified atom stereocenters. The molecule has 0 aliphatic carbocycles. The van der Waals surface area contributed by atoms with Crippen molar-refractivity contribution in [1.82, 2.24) is 5.32 Å². The van der Waals surface area contributed by atoms with Gasteiger partial charge in [0.25, 0.3) is 5.91 Å². The molecule has 2 aromatic carbocycles. The molecule has 6 nitrogen and oxygen atoms in total. The summed E-state index contributed by atoms with van der Waals surface area (Å²) in [4.78, 5) is 26.4. The summed E-state index contributed by atoms with van der Waals surface area (Å²) in [5.74, 6) is -0.266. The summed E-state index contributed by atoms with van der Waals surface area (Å²) in [5, 5.41) is 2.72. The van der Waals surface area contributed by atoms with Gasteiger partial charge in [0.2, 0.25) is 5.91 Å². The minimum Gasteiger partial charge on any atom is -0.486 e. The zero-order valence-electron chi connectivity index (χ0n) is 14.2. The number of nitrogens with one attached hydrogen (secondary N) is 1. The molecule has 2 aliphatic heterocycles. The summed E-state index contributed by atoms with van der Waals surface area (Å²) in [6.07, 6.45) is 0.117. The molecule has 27 heavy (non-hydrogen) atoms. The van der Waals surface area contributed by atoms with Crippen LogP contribution in [0.2, 0.25) is 5.02 Å². The van der Waals surface area contributed by atoms with Gasteiger partial charge < -0.3 is 19.7 Å². The molecule has 1 fully saturated rings. The Bertz CT molecular complexity index is 900. The fourth-order valence-electron chi connectivity index (χ4n) is 3.23. The maximum Gasteiger partial charge on any atom is 0.256 e. The molecule has 2 amide bonds. The summed E-state index contributed by atoms with van der Waals surface area (Å²) in [5.41, 5.74) is 0.439. The van der Waals surface area contributed by atoms with Gasteiger partial charge in [-0.25, -0.2) is 4.39 Å². The van der Waals surface area contributed by atoms with Gasteiger partial charge in [0, 0.05) is 24.7 Å². The van der Waals surface area contributed by atoms with Crippen molar-refractivity contribution >= 4 is 29.1 Å². The first kappa shape index (κ1) is 17.6. The average molecular weight is 391 g/mol. The summed E-state index contributed by atoms with van der Waals surface area (Å²) < 4.78 is 24.9. The Morgan fingerprint density at radius 2 is 1.96 bits per heavy atom. The van der Waals surface area contributed by atoms with E-state index >= 15 is 0 Å². The second-order valence-electron chi connectivity index (χ2n) is 6.30. The maximum absolute atomic E-state index is 13.9. The molecular weight excluding hydrogens is 375 g/mol. The van der Waals surface area contributed by atoms with Crippen LogP contribution in [0.25, 0.3) is 0 Å². The average Bonchev–Trinajstić information content (AvgIpc) is 3.01. The normalized spacial score (nSPS) is 18.5. The second-order valence-corrected chi connectivity index (χ2v) is 6.71. The quantitative estimate of drug-likeness (QED) is 0.875. The van der Waals surface area contributed by atoms with E-state index in [1.807, 2.05) is 0 Å². The molecule has 8 heteroatoms. The molecular formula is C19H16ClFN2O4.